The van der Waals surface area contributed by atoms with Gasteiger partial charge in [0.05, 0.1) is 5.56 Å². The van der Waals surface area contributed by atoms with Crippen molar-refractivity contribution in [2.75, 3.05) is 0 Å². The van der Waals surface area contributed by atoms with Crippen LogP contribution >= 0.6 is 0 Å². The predicted octanol–water partition coefficient (Wildman–Crippen LogP) is 1.30. The number of aliphatic carboxylic acids is 1. The Labute approximate surface area is 139 Å². The van der Waals surface area contributed by atoms with Crippen LogP contribution < -0.4 is 5.69 Å². The lowest BCUT2D eigenvalue weighted by molar-refractivity contribution is -0.137. The van der Waals surface area contributed by atoms with Crippen molar-refractivity contribution in [3.05, 3.63) is 59.1 Å². The maximum absolute atomic E-state index is 12.2. The highest BCUT2D eigenvalue weighted by Gasteiger charge is 2.14. The number of carboxylic acids is 1. The van der Waals surface area contributed by atoms with Gasteiger partial charge in [0.2, 0.25) is 5.82 Å². The van der Waals surface area contributed by atoms with Gasteiger partial charge in [0, 0.05) is 11.8 Å². The normalized spacial score (nSPS) is 11.0. The molecule has 4 rings (SSSR count). The Morgan fingerprint density at radius 3 is 2.68 bits per heavy atom. The van der Waals surface area contributed by atoms with E-state index in [2.05, 4.69) is 15.2 Å². The molecule has 0 aliphatic carbocycles. The fourth-order valence-electron chi connectivity index (χ4n) is 2.42. The number of carboxylic acid groups (broad SMARTS) is 1. The molecule has 3 heterocycles. The van der Waals surface area contributed by atoms with Crippen molar-refractivity contribution in [2.45, 2.75) is 6.54 Å². The number of benzene rings is 1. The number of carbonyl (C=O) groups is 1. The molecule has 0 aliphatic heterocycles. The number of rotatable bonds is 4. The van der Waals surface area contributed by atoms with Crippen LogP contribution in [-0.2, 0) is 11.3 Å². The van der Waals surface area contributed by atoms with E-state index >= 15 is 0 Å². The Hall–Kier alpha value is -3.75. The average Bonchev–Trinajstić information content (AvgIpc) is 3.21. The lowest BCUT2D eigenvalue weighted by Gasteiger charge is -1.95. The lowest BCUT2D eigenvalue weighted by atomic mass is 10.2. The fraction of sp³-hybridized carbons (Fsp3) is 0.0625. The topological polar surface area (TPSA) is 116 Å². The van der Waals surface area contributed by atoms with E-state index in [-0.39, 0.29) is 5.89 Å². The Bertz CT molecular complexity index is 1130. The molecule has 0 spiro atoms. The van der Waals surface area contributed by atoms with Gasteiger partial charge in [-0.05, 0) is 12.1 Å². The van der Waals surface area contributed by atoms with Crippen LogP contribution in [0.3, 0.4) is 0 Å². The molecule has 1 N–H and O–H groups in total. The van der Waals surface area contributed by atoms with Gasteiger partial charge in [-0.1, -0.05) is 35.5 Å². The Morgan fingerprint density at radius 2 is 1.92 bits per heavy atom. The summed E-state index contributed by atoms with van der Waals surface area (Å²) in [5, 5.41) is 16.7. The van der Waals surface area contributed by atoms with Crippen LogP contribution in [0.25, 0.3) is 28.5 Å². The number of hydrogen-bond acceptors (Lipinski definition) is 6. The minimum absolute atomic E-state index is 0.249. The third kappa shape index (κ3) is 2.67. The van der Waals surface area contributed by atoms with Gasteiger partial charge >= 0.3 is 11.7 Å². The summed E-state index contributed by atoms with van der Waals surface area (Å²) in [5.74, 6) is -0.460. The highest BCUT2D eigenvalue weighted by molar-refractivity contribution is 5.66. The lowest BCUT2D eigenvalue weighted by Crippen LogP contribution is -2.24. The van der Waals surface area contributed by atoms with Gasteiger partial charge in [0.15, 0.2) is 5.65 Å². The smallest absolute Gasteiger partial charge is 0.350 e. The molecule has 0 atom stereocenters. The minimum atomic E-state index is -1.14. The van der Waals surface area contributed by atoms with Gasteiger partial charge in [-0.25, -0.2) is 13.9 Å². The fourth-order valence-corrected chi connectivity index (χ4v) is 2.42. The van der Waals surface area contributed by atoms with E-state index in [4.69, 9.17) is 9.63 Å². The molecule has 3 aromatic heterocycles. The molecule has 1 aromatic carbocycles. The molecular weight excluding hydrogens is 326 g/mol. The Kier molecular flexibility index (Phi) is 3.38. The number of aromatic nitrogens is 5. The molecule has 124 valence electrons. The van der Waals surface area contributed by atoms with E-state index in [9.17, 15) is 9.59 Å². The summed E-state index contributed by atoms with van der Waals surface area (Å²) in [5.41, 5.74) is 1.11. The number of pyridine rings is 1. The summed E-state index contributed by atoms with van der Waals surface area (Å²) in [6.07, 6.45) is 1.49. The largest absolute Gasteiger partial charge is 0.480 e. The van der Waals surface area contributed by atoms with Crippen molar-refractivity contribution in [3.63, 3.8) is 0 Å². The monoisotopic (exact) mass is 337 g/mol. The van der Waals surface area contributed by atoms with Crippen LogP contribution in [0.5, 0.6) is 0 Å². The summed E-state index contributed by atoms with van der Waals surface area (Å²) in [6.45, 7) is -0.505. The molecule has 0 saturated heterocycles. The molecule has 0 saturated carbocycles. The molecular formula is C16H11N5O4. The van der Waals surface area contributed by atoms with Crippen molar-refractivity contribution in [3.8, 4) is 22.8 Å². The second-order valence-corrected chi connectivity index (χ2v) is 5.27. The predicted molar refractivity (Wildman–Crippen MR) is 85.8 cm³/mol. The van der Waals surface area contributed by atoms with E-state index in [1.807, 2.05) is 30.3 Å². The van der Waals surface area contributed by atoms with Gasteiger partial charge in [0.1, 0.15) is 6.54 Å². The van der Waals surface area contributed by atoms with Crippen molar-refractivity contribution in [1.29, 1.82) is 0 Å². The molecule has 9 nitrogen and oxygen atoms in total. The van der Waals surface area contributed by atoms with E-state index < -0.39 is 18.2 Å². The Morgan fingerprint density at radius 1 is 1.12 bits per heavy atom. The summed E-state index contributed by atoms with van der Waals surface area (Å²) in [6, 6.07) is 12.6. The van der Waals surface area contributed by atoms with Gasteiger partial charge < -0.3 is 9.63 Å². The molecule has 0 fully saturated rings. The first kappa shape index (κ1) is 14.8. The average molecular weight is 337 g/mol. The van der Waals surface area contributed by atoms with E-state index in [0.29, 0.717) is 17.0 Å². The van der Waals surface area contributed by atoms with Crippen LogP contribution in [-0.4, -0.2) is 35.4 Å². The maximum atomic E-state index is 12.2. The molecule has 0 bridgehead atoms. The molecule has 0 radical (unpaired) electrons. The zero-order valence-corrected chi connectivity index (χ0v) is 12.7. The summed E-state index contributed by atoms with van der Waals surface area (Å²) >= 11 is 0. The van der Waals surface area contributed by atoms with E-state index in [0.717, 1.165) is 10.2 Å². The molecule has 0 aliphatic rings. The van der Waals surface area contributed by atoms with Gasteiger partial charge in [-0.15, -0.1) is 5.10 Å². The summed E-state index contributed by atoms with van der Waals surface area (Å²) in [4.78, 5) is 27.3. The maximum Gasteiger partial charge on any atom is 0.350 e. The second-order valence-electron chi connectivity index (χ2n) is 5.27. The highest BCUT2D eigenvalue weighted by atomic mass is 16.5. The van der Waals surface area contributed by atoms with Crippen LogP contribution in [0, 0.1) is 0 Å². The minimum Gasteiger partial charge on any atom is -0.480 e. The van der Waals surface area contributed by atoms with Crippen LogP contribution in [0.2, 0.25) is 0 Å². The van der Waals surface area contributed by atoms with Crippen LogP contribution in [0.1, 0.15) is 0 Å². The standard InChI is InChI=1S/C16H11N5O4/c22-13(23)9-21-16(24)20-8-11(6-7-12(20)18-21)15-17-14(19-25-15)10-4-2-1-3-5-10/h1-8H,9H2,(H,22,23). The van der Waals surface area contributed by atoms with Crippen LogP contribution in [0.15, 0.2) is 58.0 Å². The second kappa shape index (κ2) is 5.71. The summed E-state index contributed by atoms with van der Waals surface area (Å²) < 4.78 is 7.39. The first-order valence-corrected chi connectivity index (χ1v) is 7.32. The number of fused-ring (bicyclic) bond motifs is 1. The molecule has 0 unspecified atom stereocenters. The van der Waals surface area contributed by atoms with Gasteiger partial charge in [-0.2, -0.15) is 4.98 Å². The third-order valence-corrected chi connectivity index (χ3v) is 3.57. The highest BCUT2D eigenvalue weighted by Crippen LogP contribution is 2.21. The summed E-state index contributed by atoms with van der Waals surface area (Å²) in [7, 11) is 0. The van der Waals surface area contributed by atoms with Crippen molar-refractivity contribution >= 4 is 11.6 Å². The first-order valence-electron chi connectivity index (χ1n) is 7.32. The SMILES string of the molecule is O=C(O)Cn1nc2ccc(-c3nc(-c4ccccc4)no3)cn2c1=O. The molecule has 4 aromatic rings. The Balaban J connectivity index is 1.75. The quantitative estimate of drug-likeness (QED) is 0.596. The molecule has 25 heavy (non-hydrogen) atoms. The zero-order valence-electron chi connectivity index (χ0n) is 12.7. The molecule has 0 amide bonds. The molecule has 9 heteroatoms. The number of nitrogens with zero attached hydrogens (tertiary/aromatic N) is 5. The van der Waals surface area contributed by atoms with Crippen LogP contribution in [0.4, 0.5) is 0 Å². The van der Waals surface area contributed by atoms with Crippen molar-refractivity contribution in [2.24, 2.45) is 0 Å². The number of hydrogen-bond donors (Lipinski definition) is 1. The van der Waals surface area contributed by atoms with E-state index in [1.165, 1.54) is 10.6 Å². The van der Waals surface area contributed by atoms with Crippen molar-refractivity contribution < 1.29 is 14.4 Å². The van der Waals surface area contributed by atoms with Crippen molar-refractivity contribution in [1.82, 2.24) is 24.3 Å². The van der Waals surface area contributed by atoms with Gasteiger partial charge in [0.25, 0.3) is 5.89 Å². The third-order valence-electron chi connectivity index (χ3n) is 3.57. The van der Waals surface area contributed by atoms with Gasteiger partial charge in [-0.3, -0.25) is 4.79 Å². The zero-order chi connectivity index (χ0) is 17.4. The van der Waals surface area contributed by atoms with E-state index in [1.54, 1.807) is 12.1 Å². The first-order chi connectivity index (χ1) is 12.1.